The van der Waals surface area contributed by atoms with E-state index in [0.29, 0.717) is 35.0 Å². The summed E-state index contributed by atoms with van der Waals surface area (Å²) in [6, 6.07) is 13.8. The second kappa shape index (κ2) is 10.2. The van der Waals surface area contributed by atoms with Crippen molar-refractivity contribution in [1.29, 1.82) is 5.26 Å². The van der Waals surface area contributed by atoms with Crippen LogP contribution in [0, 0.1) is 11.3 Å². The maximum atomic E-state index is 13.1. The Balaban J connectivity index is 1.46. The maximum absolute atomic E-state index is 13.1. The number of hydrogen-bond donors (Lipinski definition) is 1. The Hall–Kier alpha value is -2.87. The van der Waals surface area contributed by atoms with Gasteiger partial charge in [-0.2, -0.15) is 9.57 Å². The van der Waals surface area contributed by atoms with Crippen LogP contribution in [0.5, 0.6) is 0 Å². The van der Waals surface area contributed by atoms with Crippen molar-refractivity contribution in [2.45, 2.75) is 43.2 Å². The molecule has 2 amide bonds. The number of amides is 2. The van der Waals surface area contributed by atoms with Gasteiger partial charge in [-0.25, -0.2) is 8.42 Å². The first-order chi connectivity index (χ1) is 16.3. The molecule has 4 rings (SSSR count). The molecule has 2 aromatic rings. The number of rotatable bonds is 5. The molecular weight excluding hydrogens is 472 g/mol. The molecule has 2 unspecified atom stereocenters. The van der Waals surface area contributed by atoms with Gasteiger partial charge in [0.25, 0.3) is 5.91 Å². The lowest BCUT2D eigenvalue weighted by Gasteiger charge is -2.32. The van der Waals surface area contributed by atoms with Gasteiger partial charge in [-0.15, -0.1) is 11.8 Å². The molecule has 2 aliphatic heterocycles. The van der Waals surface area contributed by atoms with E-state index in [9.17, 15) is 18.0 Å². The van der Waals surface area contributed by atoms with E-state index in [1.165, 1.54) is 45.2 Å². The summed E-state index contributed by atoms with van der Waals surface area (Å²) in [5, 5.41) is 11.7. The molecule has 2 saturated heterocycles. The zero-order valence-electron chi connectivity index (χ0n) is 18.8. The van der Waals surface area contributed by atoms with Crippen LogP contribution >= 0.6 is 11.8 Å². The van der Waals surface area contributed by atoms with E-state index in [4.69, 9.17) is 5.26 Å². The number of nitriles is 1. The number of piperidine rings is 1. The third-order valence-corrected chi connectivity index (χ3v) is 9.22. The topological polar surface area (TPSA) is 111 Å². The van der Waals surface area contributed by atoms with Crippen LogP contribution in [-0.2, 0) is 14.8 Å². The predicted molar refractivity (Wildman–Crippen MR) is 131 cm³/mol. The van der Waals surface area contributed by atoms with Gasteiger partial charge in [-0.05, 0) is 68.3 Å². The standard InChI is InChI=1S/C24H26N4O4S2/c1-17-4-2-3-13-28(17)34(31,32)21-11-7-19(8-12-21)24(30)27-16-33-15-22(27)23(29)26-20-9-5-18(14-25)6-10-20/h5-12,17,22H,2-4,13,15-16H2,1H3,(H,26,29). The predicted octanol–water partition coefficient (Wildman–Crippen LogP) is 3.28. The average Bonchev–Trinajstić information content (AvgIpc) is 3.34. The zero-order valence-corrected chi connectivity index (χ0v) is 20.4. The first-order valence-corrected chi connectivity index (χ1v) is 13.7. The lowest BCUT2D eigenvalue weighted by Crippen LogP contribution is -2.44. The molecule has 0 bridgehead atoms. The molecule has 0 saturated carbocycles. The second-order valence-corrected chi connectivity index (χ2v) is 11.3. The van der Waals surface area contributed by atoms with Crippen molar-refractivity contribution in [3.05, 3.63) is 59.7 Å². The van der Waals surface area contributed by atoms with Crippen LogP contribution in [0.25, 0.3) is 0 Å². The second-order valence-electron chi connectivity index (χ2n) is 8.45. The third-order valence-electron chi connectivity index (χ3n) is 6.18. The highest BCUT2D eigenvalue weighted by Gasteiger charge is 2.36. The molecular formula is C24H26N4O4S2. The highest BCUT2D eigenvalue weighted by molar-refractivity contribution is 7.99. The first kappa shape index (κ1) is 24.3. The number of carbonyl (C=O) groups excluding carboxylic acids is 2. The number of thioether (sulfide) groups is 1. The van der Waals surface area contributed by atoms with Gasteiger partial charge in [0.05, 0.1) is 22.4 Å². The van der Waals surface area contributed by atoms with Gasteiger partial charge >= 0.3 is 0 Å². The monoisotopic (exact) mass is 498 g/mol. The van der Waals surface area contributed by atoms with Gasteiger partial charge < -0.3 is 10.2 Å². The fourth-order valence-corrected chi connectivity index (χ4v) is 7.07. The molecule has 2 aliphatic rings. The molecule has 2 fully saturated rings. The van der Waals surface area contributed by atoms with Crippen LogP contribution in [0.4, 0.5) is 5.69 Å². The quantitative estimate of drug-likeness (QED) is 0.677. The van der Waals surface area contributed by atoms with Gasteiger partial charge in [-0.1, -0.05) is 6.42 Å². The number of nitrogens with one attached hydrogen (secondary N) is 1. The van der Waals surface area contributed by atoms with Gasteiger partial charge in [0.15, 0.2) is 0 Å². The van der Waals surface area contributed by atoms with Gasteiger partial charge in [0.1, 0.15) is 6.04 Å². The van der Waals surface area contributed by atoms with E-state index in [-0.39, 0.29) is 22.8 Å². The molecule has 8 nitrogen and oxygen atoms in total. The lowest BCUT2D eigenvalue weighted by atomic mass is 10.1. The first-order valence-electron chi connectivity index (χ1n) is 11.1. The number of anilines is 1. The summed E-state index contributed by atoms with van der Waals surface area (Å²) in [6.45, 7) is 2.42. The SMILES string of the molecule is CC1CCCCN1S(=O)(=O)c1ccc(C(=O)N2CSCC2C(=O)Nc2ccc(C#N)cc2)cc1. The van der Waals surface area contributed by atoms with E-state index >= 15 is 0 Å². The largest absolute Gasteiger partial charge is 0.324 e. The number of benzene rings is 2. The molecule has 2 heterocycles. The molecule has 2 atom stereocenters. The van der Waals surface area contributed by atoms with Crippen molar-refractivity contribution >= 4 is 39.3 Å². The summed E-state index contributed by atoms with van der Waals surface area (Å²) < 4.78 is 27.6. The Morgan fingerprint density at radius 2 is 1.79 bits per heavy atom. The molecule has 0 spiro atoms. The number of carbonyl (C=O) groups is 2. The number of sulfonamides is 1. The summed E-state index contributed by atoms with van der Waals surface area (Å²) in [5.41, 5.74) is 1.38. The Morgan fingerprint density at radius 1 is 1.09 bits per heavy atom. The van der Waals surface area contributed by atoms with Gasteiger partial charge in [0, 0.05) is 29.6 Å². The molecule has 2 aromatic carbocycles. The van der Waals surface area contributed by atoms with Crippen LogP contribution in [0.3, 0.4) is 0 Å². The maximum Gasteiger partial charge on any atom is 0.255 e. The molecule has 34 heavy (non-hydrogen) atoms. The summed E-state index contributed by atoms with van der Waals surface area (Å²) in [5.74, 6) is 0.213. The van der Waals surface area contributed by atoms with Crippen LogP contribution in [0.1, 0.15) is 42.1 Å². The van der Waals surface area contributed by atoms with E-state index in [2.05, 4.69) is 5.32 Å². The molecule has 0 aromatic heterocycles. The molecule has 1 N–H and O–H groups in total. The Labute approximate surface area is 204 Å². The highest BCUT2D eigenvalue weighted by Crippen LogP contribution is 2.27. The zero-order chi connectivity index (χ0) is 24.3. The van der Waals surface area contributed by atoms with E-state index < -0.39 is 16.1 Å². The normalized spacial score (nSPS) is 21.1. The highest BCUT2D eigenvalue weighted by atomic mass is 32.2. The van der Waals surface area contributed by atoms with E-state index in [0.717, 1.165) is 19.3 Å². The minimum Gasteiger partial charge on any atom is -0.324 e. The molecule has 10 heteroatoms. The summed E-state index contributed by atoms with van der Waals surface area (Å²) >= 11 is 1.48. The van der Waals surface area contributed by atoms with Crippen molar-refractivity contribution in [2.75, 3.05) is 23.5 Å². The van der Waals surface area contributed by atoms with Gasteiger partial charge in [0.2, 0.25) is 15.9 Å². The Kier molecular flexibility index (Phi) is 7.26. The lowest BCUT2D eigenvalue weighted by molar-refractivity contribution is -0.119. The fraction of sp³-hybridized carbons (Fsp3) is 0.375. The van der Waals surface area contributed by atoms with Crippen molar-refractivity contribution in [1.82, 2.24) is 9.21 Å². The fourth-order valence-electron chi connectivity index (χ4n) is 4.21. The van der Waals surface area contributed by atoms with Crippen LogP contribution in [-0.4, -0.2) is 59.7 Å². The van der Waals surface area contributed by atoms with E-state index in [1.54, 1.807) is 24.3 Å². The Morgan fingerprint density at radius 3 is 2.44 bits per heavy atom. The third kappa shape index (κ3) is 4.97. The Bertz CT molecular complexity index is 1210. The van der Waals surface area contributed by atoms with E-state index in [1.807, 2.05) is 13.0 Å². The van der Waals surface area contributed by atoms with Crippen LogP contribution in [0.15, 0.2) is 53.4 Å². The minimum absolute atomic E-state index is 0.0444. The molecule has 0 aliphatic carbocycles. The van der Waals surface area contributed by atoms with Gasteiger partial charge in [-0.3, -0.25) is 9.59 Å². The summed E-state index contributed by atoms with van der Waals surface area (Å²) in [4.78, 5) is 27.7. The average molecular weight is 499 g/mol. The number of nitrogens with zero attached hydrogens (tertiary/aromatic N) is 3. The summed E-state index contributed by atoms with van der Waals surface area (Å²) in [7, 11) is -3.62. The number of hydrogen-bond acceptors (Lipinski definition) is 6. The van der Waals surface area contributed by atoms with Crippen molar-refractivity contribution in [3.8, 4) is 6.07 Å². The molecule has 178 valence electrons. The van der Waals surface area contributed by atoms with Crippen molar-refractivity contribution < 1.29 is 18.0 Å². The molecule has 0 radical (unpaired) electrons. The van der Waals surface area contributed by atoms with Crippen LogP contribution < -0.4 is 5.32 Å². The minimum atomic E-state index is -3.62. The van der Waals surface area contributed by atoms with Crippen molar-refractivity contribution in [2.24, 2.45) is 0 Å². The van der Waals surface area contributed by atoms with Crippen LogP contribution in [0.2, 0.25) is 0 Å². The smallest absolute Gasteiger partial charge is 0.255 e. The summed E-state index contributed by atoms with van der Waals surface area (Å²) in [6.07, 6.45) is 2.71. The van der Waals surface area contributed by atoms with Crippen molar-refractivity contribution in [3.63, 3.8) is 0 Å².